The first-order valence-electron chi connectivity index (χ1n) is 10.4. The highest BCUT2D eigenvalue weighted by atomic mass is 16.5. The van der Waals surface area contributed by atoms with Crippen LogP contribution in [-0.2, 0) is 17.8 Å². The van der Waals surface area contributed by atoms with Crippen molar-refractivity contribution in [1.29, 1.82) is 0 Å². The highest BCUT2D eigenvalue weighted by molar-refractivity contribution is 5.95. The maximum Gasteiger partial charge on any atom is 0.227 e. The first kappa shape index (κ1) is 20.9. The second-order valence-electron chi connectivity index (χ2n) is 7.52. The Bertz CT molecular complexity index is 843. The molecular weight excluding hydrogens is 366 g/mol. The maximum atomic E-state index is 12.6. The van der Waals surface area contributed by atoms with Crippen LogP contribution in [0.25, 0.3) is 0 Å². The molecule has 29 heavy (non-hydrogen) atoms. The number of aromatic nitrogens is 1. The molecule has 1 amide bonds. The molecule has 1 aliphatic rings. The molecule has 1 aromatic heterocycles. The number of hydrogen-bond donors (Lipinski definition) is 2. The Balaban J connectivity index is 1.45. The summed E-state index contributed by atoms with van der Waals surface area (Å²) in [5, 5.41) is 10.6. The molecule has 3 rings (SSSR count). The lowest BCUT2D eigenvalue weighted by Gasteiger charge is -2.17. The van der Waals surface area contributed by atoms with E-state index in [9.17, 15) is 4.79 Å². The second-order valence-corrected chi connectivity index (χ2v) is 7.52. The van der Waals surface area contributed by atoms with Crippen LogP contribution in [0.4, 0.5) is 5.69 Å². The minimum atomic E-state index is 0.182. The lowest BCUT2D eigenvalue weighted by atomic mass is 10.1. The predicted molar refractivity (Wildman–Crippen MR) is 115 cm³/mol. The fourth-order valence-electron chi connectivity index (χ4n) is 3.35. The van der Waals surface area contributed by atoms with Gasteiger partial charge in [-0.2, -0.15) is 0 Å². The molecule has 0 radical (unpaired) electrons. The second kappa shape index (κ2) is 10.1. The molecular formula is C22H31N5O2. The number of fused-ring (bicyclic) bond motifs is 1. The van der Waals surface area contributed by atoms with Crippen molar-refractivity contribution in [3.8, 4) is 0 Å². The Labute approximate surface area is 172 Å². The Hall–Kier alpha value is -2.83. The number of aliphatic imine (C=N–C) groups is 1. The van der Waals surface area contributed by atoms with E-state index in [4.69, 9.17) is 4.52 Å². The summed E-state index contributed by atoms with van der Waals surface area (Å²) in [4.78, 5) is 19.0. The van der Waals surface area contributed by atoms with Crippen LogP contribution in [0.1, 0.15) is 56.5 Å². The number of anilines is 1. The molecule has 0 atom stereocenters. The van der Waals surface area contributed by atoms with Gasteiger partial charge in [0, 0.05) is 37.8 Å². The maximum absolute atomic E-state index is 12.6. The smallest absolute Gasteiger partial charge is 0.227 e. The number of carbonyl (C=O) groups excluding carboxylic acids is 1. The number of para-hydroxylation sites is 1. The molecule has 2 aromatic rings. The monoisotopic (exact) mass is 397 g/mol. The Morgan fingerprint density at radius 3 is 2.90 bits per heavy atom. The lowest BCUT2D eigenvalue weighted by Crippen LogP contribution is -2.38. The van der Waals surface area contributed by atoms with E-state index in [1.165, 1.54) is 5.56 Å². The third kappa shape index (κ3) is 5.59. The summed E-state index contributed by atoms with van der Waals surface area (Å²) in [6, 6.07) is 10.1. The molecule has 0 aliphatic carbocycles. The standard InChI is InChI=1S/C22H31N5O2/c1-4-23-22(25-15-18-14-19(16(2)3)26-29-18)24-12-7-10-21(28)27-13-11-17-8-5-6-9-20(17)27/h5-6,8-9,14,16H,4,7,10-13,15H2,1-3H3,(H2,23,24,25). The summed E-state index contributed by atoms with van der Waals surface area (Å²) in [7, 11) is 0. The van der Waals surface area contributed by atoms with E-state index < -0.39 is 0 Å². The van der Waals surface area contributed by atoms with E-state index in [1.54, 1.807) is 0 Å². The summed E-state index contributed by atoms with van der Waals surface area (Å²) in [6.07, 6.45) is 2.21. The van der Waals surface area contributed by atoms with E-state index in [0.717, 1.165) is 43.1 Å². The summed E-state index contributed by atoms with van der Waals surface area (Å²) in [6.45, 7) is 8.85. The van der Waals surface area contributed by atoms with Gasteiger partial charge in [-0.05, 0) is 37.3 Å². The number of guanidine groups is 1. The first-order chi connectivity index (χ1) is 14.1. The van der Waals surface area contributed by atoms with Gasteiger partial charge in [0.05, 0.1) is 5.69 Å². The highest BCUT2D eigenvalue weighted by Gasteiger charge is 2.23. The van der Waals surface area contributed by atoms with Gasteiger partial charge in [-0.15, -0.1) is 0 Å². The molecule has 2 heterocycles. The number of nitrogens with zero attached hydrogens (tertiary/aromatic N) is 3. The van der Waals surface area contributed by atoms with E-state index >= 15 is 0 Å². The first-order valence-corrected chi connectivity index (χ1v) is 10.4. The van der Waals surface area contributed by atoms with Gasteiger partial charge < -0.3 is 20.1 Å². The van der Waals surface area contributed by atoms with Crippen molar-refractivity contribution in [2.24, 2.45) is 4.99 Å². The van der Waals surface area contributed by atoms with E-state index in [-0.39, 0.29) is 5.91 Å². The van der Waals surface area contributed by atoms with Crippen molar-refractivity contribution in [1.82, 2.24) is 15.8 Å². The minimum absolute atomic E-state index is 0.182. The van der Waals surface area contributed by atoms with Crippen LogP contribution in [-0.4, -0.2) is 36.7 Å². The number of carbonyl (C=O) groups is 1. The van der Waals surface area contributed by atoms with Gasteiger partial charge in [0.2, 0.25) is 5.91 Å². The van der Waals surface area contributed by atoms with Crippen molar-refractivity contribution in [2.75, 3.05) is 24.5 Å². The van der Waals surface area contributed by atoms with Crippen LogP contribution in [0.5, 0.6) is 0 Å². The highest BCUT2D eigenvalue weighted by Crippen LogP contribution is 2.27. The van der Waals surface area contributed by atoms with Crippen LogP contribution in [0, 0.1) is 0 Å². The van der Waals surface area contributed by atoms with Crippen molar-refractivity contribution >= 4 is 17.6 Å². The third-order valence-corrected chi connectivity index (χ3v) is 4.95. The van der Waals surface area contributed by atoms with Crippen molar-refractivity contribution in [3.63, 3.8) is 0 Å². The van der Waals surface area contributed by atoms with Gasteiger partial charge in [-0.1, -0.05) is 37.2 Å². The van der Waals surface area contributed by atoms with Gasteiger partial charge in [-0.25, -0.2) is 4.99 Å². The van der Waals surface area contributed by atoms with Crippen LogP contribution in [0.2, 0.25) is 0 Å². The van der Waals surface area contributed by atoms with Crippen molar-refractivity contribution in [3.05, 3.63) is 47.3 Å². The predicted octanol–water partition coefficient (Wildman–Crippen LogP) is 3.22. The molecule has 0 fully saturated rings. The van der Waals surface area contributed by atoms with Crippen LogP contribution < -0.4 is 15.5 Å². The molecule has 0 saturated carbocycles. The molecule has 0 unspecified atom stereocenters. The lowest BCUT2D eigenvalue weighted by molar-refractivity contribution is -0.118. The van der Waals surface area contributed by atoms with E-state index in [2.05, 4.69) is 40.7 Å². The average Bonchev–Trinajstić information content (AvgIpc) is 3.36. The normalized spacial score (nSPS) is 13.7. The summed E-state index contributed by atoms with van der Waals surface area (Å²) >= 11 is 0. The molecule has 0 saturated heterocycles. The molecule has 156 valence electrons. The largest absolute Gasteiger partial charge is 0.359 e. The number of benzene rings is 1. The summed E-state index contributed by atoms with van der Waals surface area (Å²) in [5.74, 6) is 1.98. The molecule has 2 N–H and O–H groups in total. The molecule has 7 nitrogen and oxygen atoms in total. The van der Waals surface area contributed by atoms with Gasteiger partial charge >= 0.3 is 0 Å². The van der Waals surface area contributed by atoms with E-state index in [1.807, 2.05) is 36.1 Å². The minimum Gasteiger partial charge on any atom is -0.359 e. The molecule has 0 bridgehead atoms. The number of hydrogen-bond acceptors (Lipinski definition) is 4. The average molecular weight is 398 g/mol. The quantitative estimate of drug-likeness (QED) is 0.406. The van der Waals surface area contributed by atoms with E-state index in [0.29, 0.717) is 31.4 Å². The Morgan fingerprint density at radius 2 is 2.14 bits per heavy atom. The van der Waals surface area contributed by atoms with Crippen molar-refractivity contribution in [2.45, 2.75) is 52.5 Å². The number of amides is 1. The number of rotatable bonds is 8. The Morgan fingerprint density at radius 1 is 1.31 bits per heavy atom. The van der Waals surface area contributed by atoms with Gasteiger partial charge in [0.25, 0.3) is 0 Å². The zero-order chi connectivity index (χ0) is 20.6. The van der Waals surface area contributed by atoms with Gasteiger partial charge in [0.15, 0.2) is 11.7 Å². The number of nitrogens with one attached hydrogen (secondary N) is 2. The van der Waals surface area contributed by atoms with Gasteiger partial charge in [-0.3, -0.25) is 4.79 Å². The molecule has 1 aliphatic heterocycles. The SMILES string of the molecule is CCNC(=NCc1cc(C(C)C)no1)NCCCC(=O)N1CCc2ccccc21. The van der Waals surface area contributed by atoms with Crippen LogP contribution >= 0.6 is 0 Å². The third-order valence-electron chi connectivity index (χ3n) is 4.95. The fraction of sp³-hybridized carbons (Fsp3) is 0.500. The zero-order valence-corrected chi connectivity index (χ0v) is 17.6. The molecule has 1 aromatic carbocycles. The van der Waals surface area contributed by atoms with Crippen LogP contribution in [0.15, 0.2) is 39.8 Å². The summed E-state index contributed by atoms with van der Waals surface area (Å²) < 4.78 is 5.33. The zero-order valence-electron chi connectivity index (χ0n) is 17.6. The van der Waals surface area contributed by atoms with Crippen molar-refractivity contribution < 1.29 is 9.32 Å². The topological polar surface area (TPSA) is 82.8 Å². The fourth-order valence-corrected chi connectivity index (χ4v) is 3.35. The molecule has 7 heteroatoms. The van der Waals surface area contributed by atoms with Crippen LogP contribution in [0.3, 0.4) is 0 Å². The Kier molecular flexibility index (Phi) is 7.27. The summed E-state index contributed by atoms with van der Waals surface area (Å²) in [5.41, 5.74) is 3.26. The van der Waals surface area contributed by atoms with Gasteiger partial charge in [0.1, 0.15) is 6.54 Å². The molecule has 0 spiro atoms.